The molecule has 0 aromatic rings. The Bertz CT molecular complexity index is 537. The molecular weight excluding hydrogens is 276 g/mol. The highest BCUT2D eigenvalue weighted by Crippen LogP contribution is 2.55. The number of carbonyl (C=O) groups is 1. The van der Waals surface area contributed by atoms with Gasteiger partial charge in [0.15, 0.2) is 14.1 Å². The van der Waals surface area contributed by atoms with E-state index in [1.807, 2.05) is 0 Å². The van der Waals surface area contributed by atoms with E-state index in [-0.39, 0.29) is 5.41 Å². The van der Waals surface area contributed by atoms with Crippen LogP contribution in [0.5, 0.6) is 0 Å². The highest BCUT2D eigenvalue weighted by molar-refractivity contribution is 6.73. The Morgan fingerprint density at radius 3 is 2.38 bits per heavy atom. The summed E-state index contributed by atoms with van der Waals surface area (Å²) in [7, 11) is -1.58. The third-order valence-electron chi connectivity index (χ3n) is 5.69. The summed E-state index contributed by atoms with van der Waals surface area (Å²) in [6, 6.07) is 3.48. The van der Waals surface area contributed by atoms with Gasteiger partial charge in [-0.1, -0.05) is 39.0 Å². The fourth-order valence-electron chi connectivity index (χ4n) is 3.68. The standard InChI is InChI=1S/C18H26O2Si/c1-4-21(5-2,6-3)20-13-15-8-7-14-11-18(9-10-18)12-16(19)17(14)15/h7-8,11H,4-6,9-10,12-13H2,1-3H3. The number of carbonyl (C=O) groups excluding carboxylic acids is 1. The van der Waals surface area contributed by atoms with E-state index in [4.69, 9.17) is 4.43 Å². The lowest BCUT2D eigenvalue weighted by molar-refractivity contribution is -0.116. The van der Waals surface area contributed by atoms with Crippen LogP contribution in [-0.4, -0.2) is 20.7 Å². The quantitative estimate of drug-likeness (QED) is 0.673. The Morgan fingerprint density at radius 2 is 1.81 bits per heavy atom. The van der Waals surface area contributed by atoms with Crippen molar-refractivity contribution in [1.82, 2.24) is 0 Å². The van der Waals surface area contributed by atoms with Crippen LogP contribution in [0.1, 0.15) is 40.0 Å². The predicted octanol–water partition coefficient (Wildman–Crippen LogP) is 4.55. The van der Waals surface area contributed by atoms with Crippen LogP contribution in [0.25, 0.3) is 0 Å². The first-order chi connectivity index (χ1) is 10.1. The van der Waals surface area contributed by atoms with Gasteiger partial charge in [0.1, 0.15) is 0 Å². The Hall–Kier alpha value is -0.933. The summed E-state index contributed by atoms with van der Waals surface area (Å²) >= 11 is 0. The molecule has 1 spiro atoms. The molecule has 21 heavy (non-hydrogen) atoms. The van der Waals surface area contributed by atoms with Gasteiger partial charge >= 0.3 is 0 Å². The highest BCUT2D eigenvalue weighted by Gasteiger charge is 2.47. The minimum Gasteiger partial charge on any atom is -0.413 e. The molecular formula is C18H26O2Si. The van der Waals surface area contributed by atoms with Crippen molar-refractivity contribution in [1.29, 1.82) is 0 Å². The minimum atomic E-state index is -1.58. The normalized spacial score (nSPS) is 22.8. The zero-order valence-corrected chi connectivity index (χ0v) is 14.5. The zero-order valence-electron chi connectivity index (χ0n) is 13.5. The van der Waals surface area contributed by atoms with Crippen molar-refractivity contribution in [2.45, 2.75) is 58.2 Å². The van der Waals surface area contributed by atoms with Gasteiger partial charge in [0, 0.05) is 12.0 Å². The first-order valence-corrected chi connectivity index (χ1v) is 10.9. The van der Waals surface area contributed by atoms with Crippen molar-refractivity contribution in [3.05, 3.63) is 34.9 Å². The number of fused-ring (bicyclic) bond motifs is 1. The van der Waals surface area contributed by atoms with E-state index >= 15 is 0 Å². The molecule has 0 radical (unpaired) electrons. The smallest absolute Gasteiger partial charge is 0.192 e. The van der Waals surface area contributed by atoms with Crippen molar-refractivity contribution in [3.63, 3.8) is 0 Å². The molecule has 2 nitrogen and oxygen atoms in total. The van der Waals surface area contributed by atoms with Gasteiger partial charge in [0.2, 0.25) is 0 Å². The maximum absolute atomic E-state index is 12.5. The summed E-state index contributed by atoms with van der Waals surface area (Å²) in [6.45, 7) is 7.37. The molecule has 3 aliphatic carbocycles. The second-order valence-electron chi connectivity index (χ2n) is 6.83. The van der Waals surface area contributed by atoms with Crippen LogP contribution in [0.15, 0.2) is 34.9 Å². The van der Waals surface area contributed by atoms with Gasteiger partial charge in [-0.2, -0.15) is 0 Å². The first-order valence-electron chi connectivity index (χ1n) is 8.38. The van der Waals surface area contributed by atoms with Crippen molar-refractivity contribution in [2.75, 3.05) is 6.61 Å². The summed E-state index contributed by atoms with van der Waals surface area (Å²) < 4.78 is 6.38. The predicted molar refractivity (Wildman–Crippen MR) is 88.7 cm³/mol. The number of hydrogen-bond donors (Lipinski definition) is 0. The molecule has 0 atom stereocenters. The number of ketones is 1. The van der Waals surface area contributed by atoms with Crippen molar-refractivity contribution < 1.29 is 9.22 Å². The van der Waals surface area contributed by atoms with Gasteiger partial charge in [-0.25, -0.2) is 0 Å². The van der Waals surface area contributed by atoms with Gasteiger partial charge in [0.25, 0.3) is 0 Å². The summed E-state index contributed by atoms with van der Waals surface area (Å²) in [4.78, 5) is 12.5. The van der Waals surface area contributed by atoms with E-state index in [9.17, 15) is 4.79 Å². The van der Waals surface area contributed by atoms with Crippen LogP contribution in [-0.2, 0) is 9.22 Å². The lowest BCUT2D eigenvalue weighted by Gasteiger charge is -2.28. The maximum atomic E-state index is 12.5. The third-order valence-corrected chi connectivity index (χ3v) is 10.3. The van der Waals surface area contributed by atoms with Crippen molar-refractivity contribution in [3.8, 4) is 0 Å². The topological polar surface area (TPSA) is 26.3 Å². The zero-order chi connectivity index (χ0) is 15.1. The Morgan fingerprint density at radius 1 is 1.14 bits per heavy atom. The Kier molecular flexibility index (Phi) is 3.83. The van der Waals surface area contributed by atoms with E-state index in [1.165, 1.54) is 18.4 Å². The molecule has 0 aliphatic heterocycles. The monoisotopic (exact) mass is 302 g/mol. The first kappa shape index (κ1) is 15.0. The molecule has 3 heteroatoms. The molecule has 3 rings (SSSR count). The molecule has 0 saturated heterocycles. The molecule has 0 N–H and O–H groups in total. The fourth-order valence-corrected chi connectivity index (χ4v) is 6.25. The fraction of sp³-hybridized carbons (Fsp3) is 0.611. The molecule has 0 bridgehead atoms. The number of allylic oxidation sites excluding steroid dienone is 4. The molecule has 1 fully saturated rings. The van der Waals surface area contributed by atoms with Crippen LogP contribution >= 0.6 is 0 Å². The molecule has 0 amide bonds. The lowest BCUT2D eigenvalue weighted by Crippen LogP contribution is -2.36. The van der Waals surface area contributed by atoms with Crippen LogP contribution < -0.4 is 0 Å². The summed E-state index contributed by atoms with van der Waals surface area (Å²) in [5.41, 5.74) is 3.47. The highest BCUT2D eigenvalue weighted by atomic mass is 28.4. The largest absolute Gasteiger partial charge is 0.413 e. The number of rotatable bonds is 6. The Balaban J connectivity index is 1.79. The molecule has 0 aromatic heterocycles. The van der Waals surface area contributed by atoms with Crippen LogP contribution in [0.2, 0.25) is 18.1 Å². The van der Waals surface area contributed by atoms with Gasteiger partial charge < -0.3 is 4.43 Å². The van der Waals surface area contributed by atoms with E-state index in [1.54, 1.807) is 0 Å². The second-order valence-corrected chi connectivity index (χ2v) is 11.6. The third kappa shape index (κ3) is 2.62. The average Bonchev–Trinajstić information content (AvgIpc) is 3.09. The van der Waals surface area contributed by atoms with Crippen LogP contribution in [0.4, 0.5) is 0 Å². The molecule has 3 aliphatic rings. The van der Waals surface area contributed by atoms with Crippen LogP contribution in [0.3, 0.4) is 0 Å². The summed E-state index contributed by atoms with van der Waals surface area (Å²) in [5.74, 6) is 0.338. The maximum Gasteiger partial charge on any atom is 0.192 e. The van der Waals surface area contributed by atoms with E-state index in [0.717, 1.165) is 35.7 Å². The average molecular weight is 302 g/mol. The molecule has 1 saturated carbocycles. The number of hydrogen-bond acceptors (Lipinski definition) is 2. The molecule has 0 heterocycles. The Labute approximate surface area is 129 Å². The van der Waals surface area contributed by atoms with Gasteiger partial charge in [0.05, 0.1) is 6.61 Å². The summed E-state index contributed by atoms with van der Waals surface area (Å²) in [5, 5.41) is 0. The van der Waals surface area contributed by atoms with Crippen LogP contribution in [0, 0.1) is 5.41 Å². The van der Waals surface area contributed by atoms with Gasteiger partial charge in [-0.05, 0) is 47.5 Å². The minimum absolute atomic E-state index is 0.228. The molecule has 0 unspecified atom stereocenters. The molecule has 114 valence electrons. The van der Waals surface area contributed by atoms with E-state index < -0.39 is 8.32 Å². The van der Waals surface area contributed by atoms with Crippen molar-refractivity contribution in [2.24, 2.45) is 5.41 Å². The lowest BCUT2D eigenvalue weighted by atomic mass is 9.84. The van der Waals surface area contributed by atoms with E-state index in [0.29, 0.717) is 12.4 Å². The molecule has 0 aromatic carbocycles. The number of Topliss-reactive ketones (excluding diaryl/α,β-unsaturated/α-hetero) is 1. The van der Waals surface area contributed by atoms with Crippen molar-refractivity contribution >= 4 is 14.1 Å². The SMILES string of the molecule is CC[Si](CC)(CC)OCC1=C2C(=O)CC3(C=C2C=C1)CC3. The summed E-state index contributed by atoms with van der Waals surface area (Å²) in [6.07, 6.45) is 9.67. The second kappa shape index (κ2) is 5.36. The van der Waals surface area contributed by atoms with Gasteiger partial charge in [-0.3, -0.25) is 4.79 Å². The van der Waals surface area contributed by atoms with E-state index in [2.05, 4.69) is 39.0 Å². The van der Waals surface area contributed by atoms with Gasteiger partial charge in [-0.15, -0.1) is 0 Å².